The van der Waals surface area contributed by atoms with Crippen LogP contribution in [0, 0.1) is 93.7 Å². The fraction of sp³-hybridized carbons (Fsp3) is 0.981. The highest BCUT2D eigenvalue weighted by atomic mass is 17.3. The Hall–Kier alpha value is -0.930. The molecule has 8 heterocycles. The van der Waals surface area contributed by atoms with Crippen LogP contribution in [0.25, 0.3) is 0 Å². The molecule has 14 aliphatic rings. The van der Waals surface area contributed by atoms with E-state index < -0.39 is 53.9 Å². The number of rotatable bonds is 8. The molecular weight excluding hydrogens is 841 g/mol. The van der Waals surface area contributed by atoms with Crippen molar-refractivity contribution < 1.29 is 57.9 Å². The second-order valence-electron chi connectivity index (χ2n) is 26.1. The number of fused-ring (bicyclic) bond motifs is 9. The van der Waals surface area contributed by atoms with Crippen molar-refractivity contribution >= 4 is 5.97 Å². The molecule has 6 saturated carbocycles. The molecule has 0 unspecified atom stereocenters. The minimum Gasteiger partial charge on any atom is -0.481 e. The SMILES string of the molecule is C[C@H]1[C@@H](O[C@H]2C[C@@H]3[C@H](CC[C@]4(C)[C@@H]([C@H](C)CCC(=O)O)CC[C@@H]34)[C@@]3(C)CC[C@@H](O[C@H]4O[C@@H]5O[C@]6(C)CC[C@H]7[C@H](C)CC[C@@H]([C@H]4C)[C@@]57OO6)C[C@@H]23)O[C@@H]2O[C@]3(C)CC[C@H]4[C@H](C)CC[C@@H]1[C@@]24OO3. The third-order valence-electron chi connectivity index (χ3n) is 23.0. The van der Waals surface area contributed by atoms with Gasteiger partial charge in [-0.2, -0.15) is 0 Å². The predicted octanol–water partition coefficient (Wildman–Crippen LogP) is 10.9. The van der Waals surface area contributed by atoms with Crippen LogP contribution in [0.5, 0.6) is 0 Å². The number of hydrogen-bond acceptors (Lipinski definition) is 11. The van der Waals surface area contributed by atoms with Gasteiger partial charge in [-0.1, -0.05) is 48.5 Å². The zero-order chi connectivity index (χ0) is 45.9. The second-order valence-corrected chi connectivity index (χ2v) is 26.1. The van der Waals surface area contributed by atoms with Crippen LogP contribution in [0.1, 0.15) is 178 Å². The van der Waals surface area contributed by atoms with Gasteiger partial charge in [-0.3, -0.25) is 4.79 Å². The average Bonchev–Trinajstić information content (AvgIpc) is 3.35. The van der Waals surface area contributed by atoms with Crippen molar-refractivity contribution in [2.45, 2.75) is 238 Å². The first kappa shape index (κ1) is 46.2. The standard InChI is InChI=1S/C54H84O12/c1-28(12-17-44(55)56)35-15-16-40-34-27-43(58-46-32(5)39-14-11-30(3)37-21-25-52(9)62-48(60-46)54(37,39)66-64-52)42-26-33(18-22-50(42,7)41(34)19-23-49(35,40)6)57-45-31(4)38-13-10-29(2)36-20-24-51(8)61-47(59-45)53(36,38)65-63-51/h28-43,45-48H,10-27H2,1-9H3,(H,55,56)/t28-,29-,30-,31-,32-,33-,34+,35-,36+,37+,38+,39+,40+,41+,42+,43+,45+,46+,47-,48-,49-,50-,51+,52+,53-,54-/m1/s1. The smallest absolute Gasteiger partial charge is 0.303 e. The molecule has 0 radical (unpaired) electrons. The summed E-state index contributed by atoms with van der Waals surface area (Å²) in [6.45, 7) is 21.0. The molecule has 12 heteroatoms. The highest BCUT2D eigenvalue weighted by Gasteiger charge is 2.72. The number of ether oxygens (including phenoxy) is 6. The van der Waals surface area contributed by atoms with Gasteiger partial charge in [0, 0.05) is 42.9 Å². The number of hydrogen-bond donors (Lipinski definition) is 1. The summed E-state index contributed by atoms with van der Waals surface area (Å²) in [5.74, 6) is 2.92. The Kier molecular flexibility index (Phi) is 11.2. The van der Waals surface area contributed by atoms with Gasteiger partial charge >= 0.3 is 5.97 Å². The van der Waals surface area contributed by atoms with E-state index >= 15 is 0 Å². The maximum atomic E-state index is 11.7. The number of carbonyl (C=O) groups is 1. The summed E-state index contributed by atoms with van der Waals surface area (Å²) >= 11 is 0. The van der Waals surface area contributed by atoms with E-state index in [1.54, 1.807) is 0 Å². The minimum atomic E-state index is -0.840. The van der Waals surface area contributed by atoms with Gasteiger partial charge in [0.2, 0.25) is 11.6 Å². The molecular formula is C54H84O12. The molecule has 2 spiro atoms. The lowest BCUT2D eigenvalue weighted by molar-refractivity contribution is -0.578. The highest BCUT2D eigenvalue weighted by molar-refractivity contribution is 5.66. The van der Waals surface area contributed by atoms with Crippen molar-refractivity contribution in [1.82, 2.24) is 0 Å². The van der Waals surface area contributed by atoms with Crippen molar-refractivity contribution in [3.63, 3.8) is 0 Å². The molecule has 372 valence electrons. The van der Waals surface area contributed by atoms with E-state index in [1.165, 1.54) is 32.1 Å². The first-order chi connectivity index (χ1) is 31.4. The number of aliphatic carboxylic acids is 1. The lowest BCUT2D eigenvalue weighted by Gasteiger charge is -2.64. The fourth-order valence-electron chi connectivity index (χ4n) is 19.5. The van der Waals surface area contributed by atoms with Crippen molar-refractivity contribution in [1.29, 1.82) is 0 Å². The van der Waals surface area contributed by atoms with E-state index in [0.717, 1.165) is 77.0 Å². The lowest BCUT2D eigenvalue weighted by Crippen LogP contribution is -2.71. The number of carboxylic acids is 1. The average molecular weight is 925 g/mol. The summed E-state index contributed by atoms with van der Waals surface area (Å²) in [6.07, 6.45) is 16.1. The maximum Gasteiger partial charge on any atom is 0.303 e. The summed E-state index contributed by atoms with van der Waals surface area (Å²) in [5, 5.41) is 9.64. The third-order valence-corrected chi connectivity index (χ3v) is 23.0. The molecule has 0 aromatic carbocycles. The maximum absolute atomic E-state index is 11.7. The Bertz CT molecular complexity index is 1870. The van der Waals surface area contributed by atoms with Gasteiger partial charge < -0.3 is 33.5 Å². The third kappa shape index (κ3) is 6.66. The molecule has 14 rings (SSSR count). The Labute approximate surface area is 394 Å². The van der Waals surface area contributed by atoms with Crippen LogP contribution in [-0.4, -0.2) is 71.2 Å². The van der Waals surface area contributed by atoms with Crippen LogP contribution in [0.4, 0.5) is 0 Å². The van der Waals surface area contributed by atoms with E-state index in [-0.39, 0.29) is 59.0 Å². The van der Waals surface area contributed by atoms with Crippen LogP contribution >= 0.6 is 0 Å². The Balaban J connectivity index is 0.841. The zero-order valence-electron chi connectivity index (χ0n) is 41.7. The Morgan fingerprint density at radius 3 is 1.71 bits per heavy atom. The van der Waals surface area contributed by atoms with E-state index in [0.29, 0.717) is 53.3 Å². The van der Waals surface area contributed by atoms with Crippen LogP contribution in [0.15, 0.2) is 0 Å². The second kappa shape index (κ2) is 16.0. The minimum absolute atomic E-state index is 0.0102. The molecule has 12 nitrogen and oxygen atoms in total. The van der Waals surface area contributed by atoms with Gasteiger partial charge in [-0.05, 0) is 180 Å². The summed E-state index contributed by atoms with van der Waals surface area (Å²) in [5.41, 5.74) is -0.965. The van der Waals surface area contributed by atoms with Gasteiger partial charge in [0.1, 0.15) is 0 Å². The molecule has 6 aliphatic carbocycles. The monoisotopic (exact) mass is 925 g/mol. The molecule has 26 atom stereocenters. The Morgan fingerprint density at radius 1 is 0.591 bits per heavy atom. The normalized spacial score (nSPS) is 59.6. The summed E-state index contributed by atoms with van der Waals surface area (Å²) < 4.78 is 43.0. The largest absolute Gasteiger partial charge is 0.481 e. The van der Waals surface area contributed by atoms with Crippen molar-refractivity contribution in [3.8, 4) is 0 Å². The molecule has 8 saturated heterocycles. The van der Waals surface area contributed by atoms with Crippen LogP contribution in [0.3, 0.4) is 0 Å². The molecule has 8 aliphatic heterocycles. The van der Waals surface area contributed by atoms with Crippen molar-refractivity contribution in [2.75, 3.05) is 0 Å². The lowest BCUT2D eigenvalue weighted by atomic mass is 9.43. The molecule has 66 heavy (non-hydrogen) atoms. The van der Waals surface area contributed by atoms with Crippen molar-refractivity contribution in [2.24, 2.45) is 93.7 Å². The van der Waals surface area contributed by atoms with Gasteiger partial charge in [0.25, 0.3) is 0 Å². The van der Waals surface area contributed by atoms with Crippen LogP contribution in [-0.2, 0) is 52.8 Å². The fourth-order valence-corrected chi connectivity index (χ4v) is 19.5. The van der Waals surface area contributed by atoms with E-state index in [2.05, 4.69) is 48.5 Å². The van der Waals surface area contributed by atoms with E-state index in [4.69, 9.17) is 48.0 Å². The summed E-state index contributed by atoms with van der Waals surface area (Å²) in [7, 11) is 0. The van der Waals surface area contributed by atoms with Crippen LogP contribution in [0.2, 0.25) is 0 Å². The van der Waals surface area contributed by atoms with E-state index in [9.17, 15) is 9.90 Å². The molecule has 1 N–H and O–H groups in total. The summed E-state index contributed by atoms with van der Waals surface area (Å²) in [6, 6.07) is 0. The molecule has 0 aromatic rings. The van der Waals surface area contributed by atoms with Crippen molar-refractivity contribution in [3.05, 3.63) is 0 Å². The Morgan fingerprint density at radius 2 is 1.12 bits per heavy atom. The van der Waals surface area contributed by atoms with Crippen LogP contribution < -0.4 is 0 Å². The van der Waals surface area contributed by atoms with E-state index in [1.807, 2.05) is 13.8 Å². The molecule has 0 amide bonds. The highest BCUT2D eigenvalue weighted by Crippen LogP contribution is 2.70. The summed E-state index contributed by atoms with van der Waals surface area (Å²) in [4.78, 5) is 37.2. The zero-order valence-corrected chi connectivity index (χ0v) is 41.7. The topological polar surface area (TPSA) is 130 Å². The quantitative estimate of drug-likeness (QED) is 0.184. The van der Waals surface area contributed by atoms with Gasteiger partial charge in [-0.25, -0.2) is 19.6 Å². The predicted molar refractivity (Wildman–Crippen MR) is 240 cm³/mol. The first-order valence-corrected chi connectivity index (χ1v) is 27.3. The molecule has 0 aromatic heterocycles. The van der Waals surface area contributed by atoms with Gasteiger partial charge in [0.15, 0.2) is 36.4 Å². The molecule has 14 fully saturated rings. The molecule has 4 bridgehead atoms. The first-order valence-electron chi connectivity index (χ1n) is 27.3. The van der Waals surface area contributed by atoms with Gasteiger partial charge in [0.05, 0.1) is 12.2 Å². The number of carboxylic acid groups (broad SMARTS) is 1. The van der Waals surface area contributed by atoms with Gasteiger partial charge in [-0.15, -0.1) is 0 Å².